The predicted octanol–water partition coefficient (Wildman–Crippen LogP) is 1.14. The summed E-state index contributed by atoms with van der Waals surface area (Å²) in [6.07, 6.45) is 0. The molecule has 0 aliphatic heterocycles. The molecule has 114 valence electrons. The molecule has 0 radical (unpaired) electrons. The number of aromatic amines is 1. The lowest BCUT2D eigenvalue weighted by molar-refractivity contribution is 0.0520. The Labute approximate surface area is 123 Å². The molecule has 0 unspecified atom stereocenters. The van der Waals surface area contributed by atoms with E-state index in [1.54, 1.807) is 13.0 Å². The number of carbonyl (C=O) groups excluding carboxylic acids is 1. The standard InChI is InChI=1S/C15H20N2O4/c1-2-21-15(20)14-10-11-9-12(3-4-13(11)16-14)17(5-7-18)6-8-19/h3-4,9-10,16,18-19H,2,5-8H2,1H3. The number of aliphatic hydroxyl groups is 2. The Bertz CT molecular complexity index is 603. The molecule has 21 heavy (non-hydrogen) atoms. The van der Waals surface area contributed by atoms with Crippen molar-refractivity contribution >= 4 is 22.6 Å². The monoisotopic (exact) mass is 292 g/mol. The maximum atomic E-state index is 11.7. The van der Waals surface area contributed by atoms with Crippen LogP contribution in [0.3, 0.4) is 0 Å². The van der Waals surface area contributed by atoms with E-state index in [2.05, 4.69) is 4.98 Å². The van der Waals surface area contributed by atoms with Crippen molar-refractivity contribution < 1.29 is 19.7 Å². The number of fused-ring (bicyclic) bond motifs is 1. The Balaban J connectivity index is 2.30. The van der Waals surface area contributed by atoms with Gasteiger partial charge in [-0.2, -0.15) is 0 Å². The third kappa shape index (κ3) is 3.53. The fourth-order valence-electron chi connectivity index (χ4n) is 2.25. The van der Waals surface area contributed by atoms with E-state index < -0.39 is 0 Å². The molecule has 0 fully saturated rings. The second-order valence-corrected chi connectivity index (χ2v) is 4.61. The fourth-order valence-corrected chi connectivity index (χ4v) is 2.25. The van der Waals surface area contributed by atoms with Gasteiger partial charge in [0.2, 0.25) is 0 Å². The lowest BCUT2D eigenvalue weighted by atomic mass is 10.2. The van der Waals surface area contributed by atoms with Gasteiger partial charge < -0.3 is 24.8 Å². The summed E-state index contributed by atoms with van der Waals surface area (Å²) < 4.78 is 4.97. The number of nitrogens with zero attached hydrogens (tertiary/aromatic N) is 1. The van der Waals surface area contributed by atoms with E-state index in [0.29, 0.717) is 25.4 Å². The molecule has 2 aromatic rings. The van der Waals surface area contributed by atoms with Crippen molar-refractivity contribution in [3.63, 3.8) is 0 Å². The number of esters is 1. The Morgan fingerprint density at radius 1 is 1.24 bits per heavy atom. The number of hydrogen-bond donors (Lipinski definition) is 3. The number of anilines is 1. The number of ether oxygens (including phenoxy) is 1. The van der Waals surface area contributed by atoms with Crippen LogP contribution in [0.15, 0.2) is 24.3 Å². The zero-order valence-corrected chi connectivity index (χ0v) is 12.0. The van der Waals surface area contributed by atoms with Crippen molar-refractivity contribution in [1.29, 1.82) is 0 Å². The van der Waals surface area contributed by atoms with Crippen molar-refractivity contribution in [3.05, 3.63) is 30.0 Å². The summed E-state index contributed by atoms with van der Waals surface area (Å²) in [4.78, 5) is 16.6. The minimum absolute atomic E-state index is 0.0131. The minimum atomic E-state index is -0.377. The number of H-pyrrole nitrogens is 1. The highest BCUT2D eigenvalue weighted by Crippen LogP contribution is 2.23. The first-order chi connectivity index (χ1) is 10.2. The van der Waals surface area contributed by atoms with Crippen molar-refractivity contribution in [3.8, 4) is 0 Å². The van der Waals surface area contributed by atoms with Gasteiger partial charge in [-0.3, -0.25) is 0 Å². The molecule has 2 rings (SSSR count). The molecule has 1 aromatic heterocycles. The summed E-state index contributed by atoms with van der Waals surface area (Å²) in [5.41, 5.74) is 2.15. The zero-order valence-electron chi connectivity index (χ0n) is 12.0. The molecular formula is C15H20N2O4. The molecule has 6 heteroatoms. The normalized spacial score (nSPS) is 10.8. The lowest BCUT2D eigenvalue weighted by Gasteiger charge is -2.22. The van der Waals surface area contributed by atoms with Gasteiger partial charge in [-0.15, -0.1) is 0 Å². The van der Waals surface area contributed by atoms with Crippen LogP contribution in [-0.2, 0) is 4.74 Å². The molecule has 0 aliphatic rings. The van der Waals surface area contributed by atoms with Crippen molar-refractivity contribution in [2.45, 2.75) is 6.92 Å². The van der Waals surface area contributed by atoms with Gasteiger partial charge in [-0.25, -0.2) is 4.79 Å². The van der Waals surface area contributed by atoms with E-state index in [9.17, 15) is 4.79 Å². The first-order valence-corrected chi connectivity index (χ1v) is 6.96. The van der Waals surface area contributed by atoms with E-state index in [4.69, 9.17) is 14.9 Å². The number of hydrogen-bond acceptors (Lipinski definition) is 5. The molecule has 0 bridgehead atoms. The Morgan fingerprint density at radius 2 is 1.95 bits per heavy atom. The smallest absolute Gasteiger partial charge is 0.354 e. The number of carbonyl (C=O) groups is 1. The van der Waals surface area contributed by atoms with E-state index in [1.165, 1.54) is 0 Å². The molecule has 0 aliphatic carbocycles. The maximum absolute atomic E-state index is 11.7. The minimum Gasteiger partial charge on any atom is -0.461 e. The Hall–Kier alpha value is -2.05. The average molecular weight is 292 g/mol. The van der Waals surface area contributed by atoms with Gasteiger partial charge in [0, 0.05) is 29.7 Å². The third-order valence-electron chi connectivity index (χ3n) is 3.20. The third-order valence-corrected chi connectivity index (χ3v) is 3.20. The van der Waals surface area contributed by atoms with Crippen LogP contribution in [0.1, 0.15) is 17.4 Å². The van der Waals surface area contributed by atoms with E-state index in [1.807, 2.05) is 23.1 Å². The van der Waals surface area contributed by atoms with Crippen molar-refractivity contribution in [1.82, 2.24) is 4.98 Å². The van der Waals surface area contributed by atoms with Gasteiger partial charge in [-0.05, 0) is 31.2 Å². The van der Waals surface area contributed by atoms with Crippen LogP contribution in [0.4, 0.5) is 5.69 Å². The number of benzene rings is 1. The maximum Gasteiger partial charge on any atom is 0.354 e. The summed E-state index contributed by atoms with van der Waals surface area (Å²) in [5, 5.41) is 19.1. The largest absolute Gasteiger partial charge is 0.461 e. The van der Waals surface area contributed by atoms with Crippen LogP contribution in [-0.4, -0.2) is 54.1 Å². The highest BCUT2D eigenvalue weighted by molar-refractivity contribution is 5.95. The van der Waals surface area contributed by atoms with Gasteiger partial charge in [0.15, 0.2) is 0 Å². The SMILES string of the molecule is CCOC(=O)c1cc2cc(N(CCO)CCO)ccc2[nH]1. The quantitative estimate of drug-likeness (QED) is 0.666. The molecule has 0 atom stereocenters. The van der Waals surface area contributed by atoms with Crippen molar-refractivity contribution in [2.75, 3.05) is 37.8 Å². The number of aliphatic hydroxyl groups excluding tert-OH is 2. The molecule has 0 spiro atoms. The van der Waals surface area contributed by atoms with Crippen LogP contribution < -0.4 is 4.90 Å². The van der Waals surface area contributed by atoms with Crippen LogP contribution in [0.2, 0.25) is 0 Å². The first-order valence-electron chi connectivity index (χ1n) is 6.96. The average Bonchev–Trinajstić information content (AvgIpc) is 2.90. The number of nitrogens with one attached hydrogen (secondary N) is 1. The zero-order chi connectivity index (χ0) is 15.2. The van der Waals surface area contributed by atoms with Crippen LogP contribution >= 0.6 is 0 Å². The van der Waals surface area contributed by atoms with Crippen molar-refractivity contribution in [2.24, 2.45) is 0 Å². The van der Waals surface area contributed by atoms with E-state index in [-0.39, 0.29) is 19.2 Å². The predicted molar refractivity (Wildman–Crippen MR) is 80.6 cm³/mol. The summed E-state index contributed by atoms with van der Waals surface area (Å²) in [7, 11) is 0. The Kier molecular flexibility index (Phi) is 5.19. The summed E-state index contributed by atoms with van der Waals surface area (Å²) in [6, 6.07) is 7.42. The van der Waals surface area contributed by atoms with E-state index >= 15 is 0 Å². The number of rotatable bonds is 7. The summed E-state index contributed by atoms with van der Waals surface area (Å²) in [5.74, 6) is -0.377. The van der Waals surface area contributed by atoms with Crippen LogP contribution in [0.25, 0.3) is 10.9 Å². The highest BCUT2D eigenvalue weighted by Gasteiger charge is 2.12. The molecule has 0 saturated carbocycles. The van der Waals surface area contributed by atoms with Gasteiger partial charge in [0.05, 0.1) is 19.8 Å². The lowest BCUT2D eigenvalue weighted by Crippen LogP contribution is -2.29. The molecule has 1 aromatic carbocycles. The molecule has 0 saturated heterocycles. The second-order valence-electron chi connectivity index (χ2n) is 4.61. The molecule has 1 heterocycles. The topological polar surface area (TPSA) is 85.8 Å². The van der Waals surface area contributed by atoms with Gasteiger partial charge in [0.1, 0.15) is 5.69 Å². The summed E-state index contributed by atoms with van der Waals surface area (Å²) in [6.45, 7) is 3.02. The van der Waals surface area contributed by atoms with Crippen LogP contribution in [0, 0.1) is 0 Å². The summed E-state index contributed by atoms with van der Waals surface area (Å²) >= 11 is 0. The Morgan fingerprint density at radius 3 is 2.57 bits per heavy atom. The molecular weight excluding hydrogens is 272 g/mol. The highest BCUT2D eigenvalue weighted by atomic mass is 16.5. The van der Waals surface area contributed by atoms with Gasteiger partial charge in [0.25, 0.3) is 0 Å². The van der Waals surface area contributed by atoms with Gasteiger partial charge >= 0.3 is 5.97 Å². The molecule has 3 N–H and O–H groups in total. The number of aromatic nitrogens is 1. The van der Waals surface area contributed by atoms with E-state index in [0.717, 1.165) is 16.6 Å². The molecule has 0 amide bonds. The second kappa shape index (κ2) is 7.10. The molecule has 6 nitrogen and oxygen atoms in total. The first kappa shape index (κ1) is 15.3. The van der Waals surface area contributed by atoms with Crippen LogP contribution in [0.5, 0.6) is 0 Å². The van der Waals surface area contributed by atoms with Gasteiger partial charge in [-0.1, -0.05) is 0 Å². The fraction of sp³-hybridized carbons (Fsp3) is 0.400.